The largest absolute Gasteiger partial charge is 0.493 e. The van der Waals surface area contributed by atoms with E-state index in [-0.39, 0.29) is 5.82 Å². The number of rotatable bonds is 10. The van der Waals surface area contributed by atoms with Gasteiger partial charge in [-0.15, -0.1) is 0 Å². The summed E-state index contributed by atoms with van der Waals surface area (Å²) in [5.74, 6) is 1.21. The molecule has 0 aliphatic heterocycles. The predicted molar refractivity (Wildman–Crippen MR) is 95.0 cm³/mol. The summed E-state index contributed by atoms with van der Waals surface area (Å²) in [4.78, 5) is 0. The first-order chi connectivity index (χ1) is 11.7. The Morgan fingerprint density at radius 2 is 1.83 bits per heavy atom. The van der Waals surface area contributed by atoms with Crippen LogP contribution in [-0.2, 0) is 13.2 Å². The van der Waals surface area contributed by atoms with E-state index < -0.39 is 0 Å². The Labute approximate surface area is 143 Å². The average molecular weight is 331 g/mol. The van der Waals surface area contributed by atoms with Crippen molar-refractivity contribution < 1.29 is 13.9 Å². The summed E-state index contributed by atoms with van der Waals surface area (Å²) >= 11 is 0. The molecule has 0 saturated carbocycles. The van der Waals surface area contributed by atoms with Gasteiger partial charge in [0.1, 0.15) is 12.4 Å². The van der Waals surface area contributed by atoms with Crippen molar-refractivity contribution in [3.63, 3.8) is 0 Å². The summed E-state index contributed by atoms with van der Waals surface area (Å²) < 4.78 is 24.4. The molecule has 2 aromatic rings. The highest BCUT2D eigenvalue weighted by molar-refractivity contribution is 5.46. The fourth-order valence-electron chi connectivity index (χ4n) is 2.48. The summed E-state index contributed by atoms with van der Waals surface area (Å²) in [6.07, 6.45) is 3.62. The van der Waals surface area contributed by atoms with Crippen LogP contribution in [0.4, 0.5) is 4.39 Å². The first kappa shape index (κ1) is 18.3. The van der Waals surface area contributed by atoms with Crippen molar-refractivity contribution in [3.8, 4) is 11.5 Å². The number of ether oxygens (including phenoxy) is 2. The second-order valence-electron chi connectivity index (χ2n) is 5.75. The molecule has 2 rings (SSSR count). The van der Waals surface area contributed by atoms with Crippen molar-refractivity contribution >= 4 is 0 Å². The number of para-hydroxylation sites is 1. The van der Waals surface area contributed by atoms with E-state index in [2.05, 4.69) is 12.2 Å². The van der Waals surface area contributed by atoms with Gasteiger partial charge < -0.3 is 14.8 Å². The molecule has 0 bridgehead atoms. The van der Waals surface area contributed by atoms with Crippen LogP contribution in [0.3, 0.4) is 0 Å². The Kier molecular flexibility index (Phi) is 7.56. The second kappa shape index (κ2) is 9.93. The quantitative estimate of drug-likeness (QED) is 0.641. The molecule has 3 nitrogen and oxygen atoms in total. The molecule has 130 valence electrons. The first-order valence-electron chi connectivity index (χ1n) is 8.48. The van der Waals surface area contributed by atoms with Crippen LogP contribution >= 0.6 is 0 Å². The minimum atomic E-state index is -0.243. The Bertz CT molecular complexity index is 614. The molecule has 0 saturated heterocycles. The molecule has 0 unspecified atom stereocenters. The van der Waals surface area contributed by atoms with Gasteiger partial charge in [-0.05, 0) is 36.7 Å². The van der Waals surface area contributed by atoms with Gasteiger partial charge in [-0.25, -0.2) is 4.39 Å². The SMILES string of the molecule is CCCCCNCc1cccc(OC)c1OCc1ccc(F)cc1. The van der Waals surface area contributed by atoms with Gasteiger partial charge in [0.2, 0.25) is 0 Å². The third-order valence-electron chi connectivity index (χ3n) is 3.85. The van der Waals surface area contributed by atoms with Crippen molar-refractivity contribution in [3.05, 3.63) is 59.4 Å². The molecule has 0 amide bonds. The molecular weight excluding hydrogens is 305 g/mol. The van der Waals surface area contributed by atoms with Crippen molar-refractivity contribution in [1.29, 1.82) is 0 Å². The maximum atomic E-state index is 13.0. The van der Waals surface area contributed by atoms with Crippen LogP contribution in [0.2, 0.25) is 0 Å². The second-order valence-corrected chi connectivity index (χ2v) is 5.75. The third-order valence-corrected chi connectivity index (χ3v) is 3.85. The fraction of sp³-hybridized carbons (Fsp3) is 0.400. The summed E-state index contributed by atoms with van der Waals surface area (Å²) in [6, 6.07) is 12.2. The van der Waals surface area contributed by atoms with Crippen molar-refractivity contribution in [2.24, 2.45) is 0 Å². The minimum Gasteiger partial charge on any atom is -0.493 e. The zero-order chi connectivity index (χ0) is 17.2. The highest BCUT2D eigenvalue weighted by Crippen LogP contribution is 2.31. The van der Waals surface area contributed by atoms with Gasteiger partial charge in [0.25, 0.3) is 0 Å². The van der Waals surface area contributed by atoms with E-state index in [1.807, 2.05) is 18.2 Å². The van der Waals surface area contributed by atoms with E-state index in [0.717, 1.165) is 30.0 Å². The van der Waals surface area contributed by atoms with Crippen LogP contribution in [0, 0.1) is 5.82 Å². The summed E-state index contributed by atoms with van der Waals surface area (Å²) in [5.41, 5.74) is 1.98. The summed E-state index contributed by atoms with van der Waals surface area (Å²) in [6.45, 7) is 4.30. The van der Waals surface area contributed by atoms with Gasteiger partial charge in [-0.1, -0.05) is 44.0 Å². The van der Waals surface area contributed by atoms with E-state index in [1.54, 1.807) is 19.2 Å². The van der Waals surface area contributed by atoms with Crippen LogP contribution < -0.4 is 14.8 Å². The number of hydrogen-bond acceptors (Lipinski definition) is 3. The molecule has 2 aromatic carbocycles. The highest BCUT2D eigenvalue weighted by atomic mass is 19.1. The normalized spacial score (nSPS) is 10.6. The topological polar surface area (TPSA) is 30.5 Å². The molecule has 0 heterocycles. The molecule has 24 heavy (non-hydrogen) atoms. The van der Waals surface area contributed by atoms with Crippen LogP contribution in [0.15, 0.2) is 42.5 Å². The van der Waals surface area contributed by atoms with E-state index in [1.165, 1.54) is 31.4 Å². The number of nitrogens with one attached hydrogen (secondary N) is 1. The van der Waals surface area contributed by atoms with Gasteiger partial charge in [0.15, 0.2) is 11.5 Å². The average Bonchev–Trinajstić information content (AvgIpc) is 2.61. The highest BCUT2D eigenvalue weighted by Gasteiger charge is 2.10. The molecule has 0 spiro atoms. The standard InChI is InChI=1S/C20H26FNO2/c1-3-4-5-13-22-14-17-7-6-8-19(23-2)20(17)24-15-16-9-11-18(21)12-10-16/h6-12,22H,3-5,13-15H2,1-2H3. The van der Waals surface area contributed by atoms with E-state index >= 15 is 0 Å². The Hall–Kier alpha value is -2.07. The summed E-state index contributed by atoms with van der Waals surface area (Å²) in [7, 11) is 1.64. The predicted octanol–water partition coefficient (Wildman–Crippen LogP) is 4.69. The minimum absolute atomic E-state index is 0.243. The van der Waals surface area contributed by atoms with Crippen LogP contribution in [0.5, 0.6) is 11.5 Å². The maximum Gasteiger partial charge on any atom is 0.166 e. The molecule has 0 fully saturated rings. The van der Waals surface area contributed by atoms with Crippen molar-refractivity contribution in [2.45, 2.75) is 39.3 Å². The van der Waals surface area contributed by atoms with Crippen molar-refractivity contribution in [1.82, 2.24) is 5.32 Å². The number of unbranched alkanes of at least 4 members (excludes halogenated alkanes) is 2. The van der Waals surface area contributed by atoms with E-state index in [0.29, 0.717) is 12.4 Å². The smallest absolute Gasteiger partial charge is 0.166 e. The summed E-state index contributed by atoms with van der Waals surface area (Å²) in [5, 5.41) is 3.45. The Morgan fingerprint density at radius 1 is 1.04 bits per heavy atom. The number of hydrogen-bond donors (Lipinski definition) is 1. The number of benzene rings is 2. The lowest BCUT2D eigenvalue weighted by Gasteiger charge is -2.15. The maximum absolute atomic E-state index is 13.0. The Morgan fingerprint density at radius 3 is 2.54 bits per heavy atom. The molecule has 0 radical (unpaired) electrons. The fourth-order valence-corrected chi connectivity index (χ4v) is 2.48. The molecule has 0 atom stereocenters. The Balaban J connectivity index is 2.01. The lowest BCUT2D eigenvalue weighted by Crippen LogP contribution is -2.15. The zero-order valence-corrected chi connectivity index (χ0v) is 14.5. The lowest BCUT2D eigenvalue weighted by molar-refractivity contribution is 0.280. The number of methoxy groups -OCH3 is 1. The third kappa shape index (κ3) is 5.53. The molecule has 1 N–H and O–H groups in total. The zero-order valence-electron chi connectivity index (χ0n) is 14.5. The van der Waals surface area contributed by atoms with Gasteiger partial charge in [-0.3, -0.25) is 0 Å². The molecule has 4 heteroatoms. The van der Waals surface area contributed by atoms with Crippen LogP contribution in [0.25, 0.3) is 0 Å². The van der Waals surface area contributed by atoms with E-state index in [9.17, 15) is 4.39 Å². The van der Waals surface area contributed by atoms with Gasteiger partial charge in [0, 0.05) is 12.1 Å². The molecule has 0 aliphatic carbocycles. The number of halogens is 1. The van der Waals surface area contributed by atoms with Crippen molar-refractivity contribution in [2.75, 3.05) is 13.7 Å². The van der Waals surface area contributed by atoms with Gasteiger partial charge >= 0.3 is 0 Å². The van der Waals surface area contributed by atoms with Gasteiger partial charge in [0.05, 0.1) is 7.11 Å². The van der Waals surface area contributed by atoms with Gasteiger partial charge in [-0.2, -0.15) is 0 Å². The molecule has 0 aromatic heterocycles. The lowest BCUT2D eigenvalue weighted by atomic mass is 10.1. The van der Waals surface area contributed by atoms with E-state index in [4.69, 9.17) is 9.47 Å². The van der Waals surface area contributed by atoms with Crippen LogP contribution in [-0.4, -0.2) is 13.7 Å². The van der Waals surface area contributed by atoms with Crippen LogP contribution in [0.1, 0.15) is 37.3 Å². The molecular formula is C20H26FNO2. The molecule has 0 aliphatic rings. The first-order valence-corrected chi connectivity index (χ1v) is 8.48. The monoisotopic (exact) mass is 331 g/mol.